The van der Waals surface area contributed by atoms with Crippen LogP contribution in [0.1, 0.15) is 10.4 Å². The molecule has 2 amide bonds. The zero-order chi connectivity index (χ0) is 15.2. The number of esters is 1. The predicted octanol–water partition coefficient (Wildman–Crippen LogP) is 3.77. The summed E-state index contributed by atoms with van der Waals surface area (Å²) in [6, 6.07) is 13.0. The fourth-order valence-corrected chi connectivity index (χ4v) is 1.84. The van der Waals surface area contributed by atoms with Crippen LogP contribution in [0.5, 0.6) is 0 Å². The number of anilines is 2. The molecule has 0 saturated carbocycles. The van der Waals surface area contributed by atoms with Crippen molar-refractivity contribution >= 4 is 35.0 Å². The number of halogens is 1. The Labute approximate surface area is 126 Å². The van der Waals surface area contributed by atoms with Crippen LogP contribution in [0.15, 0.2) is 48.5 Å². The molecule has 0 heterocycles. The van der Waals surface area contributed by atoms with E-state index in [4.69, 9.17) is 11.6 Å². The van der Waals surface area contributed by atoms with Gasteiger partial charge in [0, 0.05) is 5.69 Å². The Morgan fingerprint density at radius 1 is 1.05 bits per heavy atom. The predicted molar refractivity (Wildman–Crippen MR) is 81.9 cm³/mol. The van der Waals surface area contributed by atoms with Crippen molar-refractivity contribution in [1.82, 2.24) is 0 Å². The Hall–Kier alpha value is -2.53. The molecule has 0 aliphatic carbocycles. The van der Waals surface area contributed by atoms with Crippen LogP contribution in [0.3, 0.4) is 0 Å². The van der Waals surface area contributed by atoms with Gasteiger partial charge in [-0.1, -0.05) is 29.8 Å². The van der Waals surface area contributed by atoms with E-state index < -0.39 is 12.0 Å². The fourth-order valence-electron chi connectivity index (χ4n) is 1.67. The Balaban J connectivity index is 2.11. The van der Waals surface area contributed by atoms with Crippen molar-refractivity contribution in [3.05, 3.63) is 59.1 Å². The van der Waals surface area contributed by atoms with Crippen molar-refractivity contribution < 1.29 is 14.3 Å². The Morgan fingerprint density at radius 3 is 2.43 bits per heavy atom. The second-order valence-electron chi connectivity index (χ2n) is 4.13. The smallest absolute Gasteiger partial charge is 0.337 e. The van der Waals surface area contributed by atoms with Crippen molar-refractivity contribution in [2.45, 2.75) is 0 Å². The Kier molecular flexibility index (Phi) is 4.79. The van der Waals surface area contributed by atoms with Crippen LogP contribution < -0.4 is 10.6 Å². The second kappa shape index (κ2) is 6.76. The third-order valence-electron chi connectivity index (χ3n) is 2.67. The number of urea groups is 1. The molecule has 0 spiro atoms. The highest BCUT2D eigenvalue weighted by molar-refractivity contribution is 6.34. The highest BCUT2D eigenvalue weighted by atomic mass is 35.5. The molecule has 108 valence electrons. The number of para-hydroxylation sites is 1. The number of methoxy groups -OCH3 is 1. The summed E-state index contributed by atoms with van der Waals surface area (Å²) in [5.41, 5.74) is 1.28. The van der Waals surface area contributed by atoms with E-state index in [0.29, 0.717) is 22.0 Å². The molecular formula is C15H13ClN2O3. The summed E-state index contributed by atoms with van der Waals surface area (Å²) in [6.45, 7) is 0. The number of rotatable bonds is 3. The minimum Gasteiger partial charge on any atom is -0.465 e. The van der Waals surface area contributed by atoms with Crippen LogP contribution in [0.25, 0.3) is 0 Å². The third-order valence-corrected chi connectivity index (χ3v) is 3.00. The molecule has 0 aliphatic rings. The van der Waals surface area contributed by atoms with E-state index >= 15 is 0 Å². The van der Waals surface area contributed by atoms with Crippen LogP contribution in [0.2, 0.25) is 5.02 Å². The van der Waals surface area contributed by atoms with E-state index in [1.165, 1.54) is 25.3 Å². The van der Waals surface area contributed by atoms with E-state index in [1.54, 1.807) is 24.3 Å². The van der Waals surface area contributed by atoms with Gasteiger partial charge in [0.1, 0.15) is 0 Å². The van der Waals surface area contributed by atoms with Crippen LogP contribution in [-0.4, -0.2) is 19.1 Å². The maximum absolute atomic E-state index is 11.9. The molecule has 0 bridgehead atoms. The van der Waals surface area contributed by atoms with Gasteiger partial charge in [-0.15, -0.1) is 0 Å². The monoisotopic (exact) mass is 304 g/mol. The molecule has 2 rings (SSSR count). The first-order valence-corrected chi connectivity index (χ1v) is 6.49. The van der Waals surface area contributed by atoms with Gasteiger partial charge in [0.25, 0.3) is 0 Å². The van der Waals surface area contributed by atoms with Crippen LogP contribution in [0.4, 0.5) is 16.2 Å². The van der Waals surface area contributed by atoms with Gasteiger partial charge in [0.05, 0.1) is 23.4 Å². The molecule has 0 atom stereocenters. The van der Waals surface area contributed by atoms with Crippen molar-refractivity contribution in [2.24, 2.45) is 0 Å². The van der Waals surface area contributed by atoms with Crippen molar-refractivity contribution in [3.8, 4) is 0 Å². The SMILES string of the molecule is COC(=O)c1ccc(Cl)c(NC(=O)Nc2ccccc2)c1. The summed E-state index contributed by atoms with van der Waals surface area (Å²) in [5.74, 6) is -0.502. The van der Waals surface area contributed by atoms with Gasteiger partial charge in [-0.05, 0) is 30.3 Å². The lowest BCUT2D eigenvalue weighted by molar-refractivity contribution is 0.0601. The zero-order valence-corrected chi connectivity index (χ0v) is 12.0. The number of carbonyl (C=O) groups excluding carboxylic acids is 2. The number of nitrogens with one attached hydrogen (secondary N) is 2. The Bertz CT molecular complexity index is 659. The topological polar surface area (TPSA) is 67.4 Å². The molecular weight excluding hydrogens is 292 g/mol. The molecule has 0 aliphatic heterocycles. The van der Waals surface area contributed by atoms with Crippen LogP contribution in [-0.2, 0) is 4.74 Å². The number of ether oxygens (including phenoxy) is 1. The van der Waals surface area contributed by atoms with Gasteiger partial charge in [0.15, 0.2) is 0 Å². The number of hydrogen-bond donors (Lipinski definition) is 2. The number of hydrogen-bond acceptors (Lipinski definition) is 3. The van der Waals surface area contributed by atoms with Crippen molar-refractivity contribution in [1.29, 1.82) is 0 Å². The van der Waals surface area contributed by atoms with Gasteiger partial charge >= 0.3 is 12.0 Å². The van der Waals surface area contributed by atoms with Gasteiger partial charge in [0.2, 0.25) is 0 Å². The largest absolute Gasteiger partial charge is 0.465 e. The highest BCUT2D eigenvalue weighted by Gasteiger charge is 2.11. The summed E-state index contributed by atoms with van der Waals surface area (Å²) in [6.07, 6.45) is 0. The standard InChI is InChI=1S/C15H13ClN2O3/c1-21-14(19)10-7-8-12(16)13(9-10)18-15(20)17-11-5-3-2-4-6-11/h2-9H,1H3,(H2,17,18,20). The number of amides is 2. The molecule has 0 fully saturated rings. The molecule has 2 aromatic rings. The molecule has 5 nitrogen and oxygen atoms in total. The lowest BCUT2D eigenvalue weighted by Gasteiger charge is -2.10. The summed E-state index contributed by atoms with van der Waals surface area (Å²) in [4.78, 5) is 23.3. The van der Waals surface area contributed by atoms with Crippen molar-refractivity contribution in [3.63, 3.8) is 0 Å². The maximum atomic E-state index is 11.9. The number of benzene rings is 2. The molecule has 0 saturated heterocycles. The first-order chi connectivity index (χ1) is 10.1. The molecule has 6 heteroatoms. The molecule has 2 aromatic carbocycles. The lowest BCUT2D eigenvalue weighted by atomic mass is 10.2. The lowest BCUT2D eigenvalue weighted by Crippen LogP contribution is -2.19. The van der Waals surface area contributed by atoms with E-state index in [-0.39, 0.29) is 0 Å². The number of carbonyl (C=O) groups is 2. The van der Waals surface area contributed by atoms with Gasteiger partial charge in [-0.2, -0.15) is 0 Å². The average Bonchev–Trinajstić information content (AvgIpc) is 2.49. The zero-order valence-electron chi connectivity index (χ0n) is 11.2. The summed E-state index contributed by atoms with van der Waals surface area (Å²) in [7, 11) is 1.28. The molecule has 0 radical (unpaired) electrons. The molecule has 0 aromatic heterocycles. The quantitative estimate of drug-likeness (QED) is 0.848. The fraction of sp³-hybridized carbons (Fsp3) is 0.0667. The normalized spacial score (nSPS) is 9.81. The minimum absolute atomic E-state index is 0.303. The van der Waals surface area contributed by atoms with Gasteiger partial charge in [-0.3, -0.25) is 0 Å². The van der Waals surface area contributed by atoms with E-state index in [9.17, 15) is 9.59 Å². The van der Waals surface area contributed by atoms with Crippen molar-refractivity contribution in [2.75, 3.05) is 17.7 Å². The van der Waals surface area contributed by atoms with Crippen LogP contribution in [0, 0.1) is 0 Å². The third kappa shape index (κ3) is 3.97. The first-order valence-electron chi connectivity index (χ1n) is 6.11. The van der Waals surface area contributed by atoms with Gasteiger partial charge < -0.3 is 15.4 Å². The summed E-state index contributed by atoms with van der Waals surface area (Å²) in [5, 5.41) is 5.57. The van der Waals surface area contributed by atoms with E-state index in [2.05, 4.69) is 15.4 Å². The first kappa shape index (κ1) is 14.9. The maximum Gasteiger partial charge on any atom is 0.337 e. The molecule has 21 heavy (non-hydrogen) atoms. The van der Waals surface area contributed by atoms with E-state index in [0.717, 1.165) is 0 Å². The second-order valence-corrected chi connectivity index (χ2v) is 4.54. The van der Waals surface area contributed by atoms with E-state index in [1.807, 2.05) is 6.07 Å². The minimum atomic E-state index is -0.502. The molecule has 2 N–H and O–H groups in total. The summed E-state index contributed by atoms with van der Waals surface area (Å²) >= 11 is 6.00. The summed E-state index contributed by atoms with van der Waals surface area (Å²) < 4.78 is 4.62. The molecule has 0 unspecified atom stereocenters. The average molecular weight is 305 g/mol. The van der Waals surface area contributed by atoms with Crippen LogP contribution >= 0.6 is 11.6 Å². The highest BCUT2D eigenvalue weighted by Crippen LogP contribution is 2.23. The van der Waals surface area contributed by atoms with Gasteiger partial charge in [-0.25, -0.2) is 9.59 Å². The Morgan fingerprint density at radius 2 is 1.76 bits per heavy atom.